The van der Waals surface area contributed by atoms with Crippen molar-refractivity contribution < 1.29 is 4.79 Å². The van der Waals surface area contributed by atoms with E-state index in [1.165, 1.54) is 37.7 Å². The average Bonchev–Trinajstić information content (AvgIpc) is 3.01. The topological polar surface area (TPSA) is 20.3 Å². The molecule has 0 radical (unpaired) electrons. The Bertz CT molecular complexity index is 478. The number of carbonyl (C=O) groups excluding carboxylic acids is 1. The van der Waals surface area contributed by atoms with Crippen LogP contribution in [0.3, 0.4) is 0 Å². The highest BCUT2D eigenvalue weighted by atomic mass is 16.2. The van der Waals surface area contributed by atoms with Gasteiger partial charge < -0.3 is 4.90 Å². The summed E-state index contributed by atoms with van der Waals surface area (Å²) in [4.78, 5) is 14.8. The van der Waals surface area contributed by atoms with Gasteiger partial charge in [0.15, 0.2) is 0 Å². The van der Waals surface area contributed by atoms with Gasteiger partial charge in [-0.25, -0.2) is 0 Å². The van der Waals surface area contributed by atoms with Crippen LogP contribution in [0.1, 0.15) is 63.4 Å². The zero-order valence-corrected chi connectivity index (χ0v) is 13.8. The van der Waals surface area contributed by atoms with Gasteiger partial charge in [0.25, 0.3) is 0 Å². The van der Waals surface area contributed by atoms with E-state index in [0.29, 0.717) is 23.7 Å². The second-order valence-corrected chi connectivity index (χ2v) is 7.19. The normalized spacial score (nSPS) is 26.3. The first-order chi connectivity index (χ1) is 10.8. The molecular formula is C20H29NO. The van der Waals surface area contributed by atoms with Crippen LogP contribution in [-0.2, 0) is 4.79 Å². The third-order valence-electron chi connectivity index (χ3n) is 5.73. The van der Waals surface area contributed by atoms with Crippen LogP contribution in [-0.4, -0.2) is 23.9 Å². The summed E-state index contributed by atoms with van der Waals surface area (Å²) in [5.74, 6) is 2.21. The van der Waals surface area contributed by atoms with Gasteiger partial charge >= 0.3 is 0 Å². The van der Waals surface area contributed by atoms with Gasteiger partial charge in [0.2, 0.25) is 5.91 Å². The Balaban J connectivity index is 1.62. The molecule has 3 rings (SSSR count). The molecule has 1 saturated carbocycles. The van der Waals surface area contributed by atoms with Gasteiger partial charge in [-0.3, -0.25) is 4.79 Å². The second kappa shape index (κ2) is 7.30. The standard InChI is InChI=1S/C20H29NO/c1-2-17-14-21(15-19(17)18-11-7-4-8-12-18)20(22)13-16-9-5-3-6-10-16/h4,7-8,11-12,16-17,19H,2-3,5-6,9-10,13-15H2,1H3/t17-,19+/m1/s1. The van der Waals surface area contributed by atoms with E-state index in [9.17, 15) is 4.79 Å². The molecule has 0 aromatic heterocycles. The Labute approximate surface area is 134 Å². The highest BCUT2D eigenvalue weighted by Gasteiger charge is 2.35. The molecule has 2 nitrogen and oxygen atoms in total. The lowest BCUT2D eigenvalue weighted by Gasteiger charge is -2.24. The van der Waals surface area contributed by atoms with E-state index >= 15 is 0 Å². The number of amides is 1. The quantitative estimate of drug-likeness (QED) is 0.795. The molecule has 0 bridgehead atoms. The van der Waals surface area contributed by atoms with Crippen LogP contribution in [0.2, 0.25) is 0 Å². The third kappa shape index (κ3) is 3.53. The Morgan fingerprint density at radius 1 is 1.09 bits per heavy atom. The van der Waals surface area contributed by atoms with Gasteiger partial charge in [0, 0.05) is 25.4 Å². The summed E-state index contributed by atoms with van der Waals surface area (Å²) in [6.07, 6.45) is 8.48. The van der Waals surface area contributed by atoms with Crippen LogP contribution in [0.5, 0.6) is 0 Å². The molecule has 2 aliphatic rings. The lowest BCUT2D eigenvalue weighted by Crippen LogP contribution is -2.31. The maximum Gasteiger partial charge on any atom is 0.222 e. The van der Waals surface area contributed by atoms with E-state index in [2.05, 4.69) is 42.2 Å². The van der Waals surface area contributed by atoms with Crippen molar-refractivity contribution in [2.24, 2.45) is 11.8 Å². The van der Waals surface area contributed by atoms with Crippen molar-refractivity contribution in [2.75, 3.05) is 13.1 Å². The van der Waals surface area contributed by atoms with Crippen LogP contribution in [0, 0.1) is 11.8 Å². The predicted octanol–water partition coefficient (Wildman–Crippen LogP) is 4.61. The van der Waals surface area contributed by atoms with Crippen LogP contribution in [0.25, 0.3) is 0 Å². The molecule has 1 aliphatic heterocycles. The highest BCUT2D eigenvalue weighted by molar-refractivity contribution is 5.77. The maximum atomic E-state index is 12.7. The molecule has 2 heteroatoms. The van der Waals surface area contributed by atoms with Crippen LogP contribution in [0.4, 0.5) is 0 Å². The average molecular weight is 299 g/mol. The van der Waals surface area contributed by atoms with Crippen molar-refractivity contribution in [2.45, 2.75) is 57.8 Å². The predicted molar refractivity (Wildman–Crippen MR) is 90.7 cm³/mol. The summed E-state index contributed by atoms with van der Waals surface area (Å²) < 4.78 is 0. The van der Waals surface area contributed by atoms with Crippen LogP contribution in [0.15, 0.2) is 30.3 Å². The molecule has 1 aliphatic carbocycles. The molecule has 1 heterocycles. The molecule has 2 fully saturated rings. The smallest absolute Gasteiger partial charge is 0.222 e. The zero-order valence-electron chi connectivity index (χ0n) is 13.8. The fraction of sp³-hybridized carbons (Fsp3) is 0.650. The van der Waals surface area contributed by atoms with Gasteiger partial charge in [0.05, 0.1) is 0 Å². The van der Waals surface area contributed by atoms with E-state index in [0.717, 1.165) is 25.9 Å². The van der Waals surface area contributed by atoms with Gasteiger partial charge in [-0.1, -0.05) is 62.9 Å². The number of hydrogen-bond acceptors (Lipinski definition) is 1. The molecule has 2 atom stereocenters. The summed E-state index contributed by atoms with van der Waals surface area (Å²) in [5, 5.41) is 0. The van der Waals surface area contributed by atoms with Crippen LogP contribution >= 0.6 is 0 Å². The van der Waals surface area contributed by atoms with Gasteiger partial charge in [-0.05, 0) is 30.2 Å². The van der Waals surface area contributed by atoms with E-state index < -0.39 is 0 Å². The van der Waals surface area contributed by atoms with Crippen molar-refractivity contribution in [1.82, 2.24) is 4.90 Å². The third-order valence-corrected chi connectivity index (χ3v) is 5.73. The molecule has 1 aromatic carbocycles. The first-order valence-electron chi connectivity index (χ1n) is 9.10. The number of nitrogens with zero attached hydrogens (tertiary/aromatic N) is 1. The Morgan fingerprint density at radius 3 is 2.50 bits per heavy atom. The van der Waals surface area contributed by atoms with Crippen molar-refractivity contribution in [1.29, 1.82) is 0 Å². The summed E-state index contributed by atoms with van der Waals surface area (Å²) in [6.45, 7) is 4.14. The minimum atomic E-state index is 0.406. The SMILES string of the molecule is CC[C@@H]1CN(C(=O)CC2CCCCC2)C[C@@H]1c1ccccc1. The van der Waals surface area contributed by atoms with Gasteiger partial charge in [0.1, 0.15) is 0 Å². The zero-order chi connectivity index (χ0) is 15.4. The number of rotatable bonds is 4. The molecule has 1 aromatic rings. The minimum Gasteiger partial charge on any atom is -0.342 e. The van der Waals surface area contributed by atoms with Gasteiger partial charge in [-0.15, -0.1) is 0 Å². The molecule has 120 valence electrons. The highest BCUT2D eigenvalue weighted by Crippen LogP contribution is 2.36. The number of benzene rings is 1. The molecule has 1 saturated heterocycles. The van der Waals surface area contributed by atoms with Crippen molar-refractivity contribution in [3.8, 4) is 0 Å². The Morgan fingerprint density at radius 2 is 1.82 bits per heavy atom. The summed E-state index contributed by atoms with van der Waals surface area (Å²) >= 11 is 0. The second-order valence-electron chi connectivity index (χ2n) is 7.19. The molecule has 0 unspecified atom stereocenters. The van der Waals surface area contributed by atoms with Crippen molar-refractivity contribution in [3.63, 3.8) is 0 Å². The largest absolute Gasteiger partial charge is 0.342 e. The molecule has 1 amide bonds. The van der Waals surface area contributed by atoms with Crippen molar-refractivity contribution in [3.05, 3.63) is 35.9 Å². The Kier molecular flexibility index (Phi) is 5.17. The number of likely N-dealkylation sites (tertiary alicyclic amines) is 1. The lowest BCUT2D eigenvalue weighted by atomic mass is 9.86. The summed E-state index contributed by atoms with van der Waals surface area (Å²) in [5.41, 5.74) is 1.40. The van der Waals surface area contributed by atoms with E-state index in [4.69, 9.17) is 0 Å². The first kappa shape index (κ1) is 15.6. The molecule has 0 N–H and O–H groups in total. The Hall–Kier alpha value is -1.31. The minimum absolute atomic E-state index is 0.406. The van der Waals surface area contributed by atoms with Crippen LogP contribution < -0.4 is 0 Å². The van der Waals surface area contributed by atoms with E-state index in [1.807, 2.05) is 0 Å². The van der Waals surface area contributed by atoms with E-state index in [-0.39, 0.29) is 0 Å². The fourth-order valence-corrected chi connectivity index (χ4v) is 4.33. The maximum absolute atomic E-state index is 12.7. The van der Waals surface area contributed by atoms with Gasteiger partial charge in [-0.2, -0.15) is 0 Å². The summed E-state index contributed by atoms with van der Waals surface area (Å²) in [6, 6.07) is 10.8. The monoisotopic (exact) mass is 299 g/mol. The van der Waals surface area contributed by atoms with Crippen molar-refractivity contribution >= 4 is 5.91 Å². The van der Waals surface area contributed by atoms with E-state index in [1.54, 1.807) is 0 Å². The molecule has 0 spiro atoms. The molecular weight excluding hydrogens is 270 g/mol. The summed E-state index contributed by atoms with van der Waals surface area (Å²) in [7, 11) is 0. The molecule has 22 heavy (non-hydrogen) atoms. The fourth-order valence-electron chi connectivity index (χ4n) is 4.33. The lowest BCUT2D eigenvalue weighted by molar-refractivity contribution is -0.131. The number of carbonyl (C=O) groups is 1. The first-order valence-corrected chi connectivity index (χ1v) is 9.10. The number of hydrogen-bond donors (Lipinski definition) is 0.